The minimum atomic E-state index is -0.576. The van der Waals surface area contributed by atoms with Crippen LogP contribution in [-0.2, 0) is 19.1 Å². The monoisotopic (exact) mass is 446 g/mol. The molecule has 180 valence electrons. The minimum absolute atomic E-state index is 0.0526. The predicted molar refractivity (Wildman–Crippen MR) is 125 cm³/mol. The predicted octanol–water partition coefficient (Wildman–Crippen LogP) is 5.22. The molecule has 2 aliphatic carbocycles. The molecular formula is C27H42O5. The summed E-state index contributed by atoms with van der Waals surface area (Å²) in [6, 6.07) is 0. The molecule has 5 heteroatoms. The van der Waals surface area contributed by atoms with Crippen molar-refractivity contribution >= 4 is 11.9 Å². The lowest BCUT2D eigenvalue weighted by Crippen LogP contribution is -2.46. The number of aliphatic hydroxyl groups excluding tert-OH is 1. The van der Waals surface area contributed by atoms with Crippen LogP contribution in [0.4, 0.5) is 0 Å². The third kappa shape index (κ3) is 6.24. The second kappa shape index (κ2) is 11.5. The summed E-state index contributed by atoms with van der Waals surface area (Å²) in [6.45, 7) is 8.31. The molecule has 0 amide bonds. The molecule has 0 radical (unpaired) electrons. The Bertz CT molecular complexity index is 698. The highest BCUT2D eigenvalue weighted by Gasteiger charge is 2.45. The fourth-order valence-electron chi connectivity index (χ4n) is 6.01. The van der Waals surface area contributed by atoms with Gasteiger partial charge < -0.3 is 14.6 Å². The number of fused-ring (bicyclic) bond motifs is 1. The van der Waals surface area contributed by atoms with Gasteiger partial charge in [-0.1, -0.05) is 45.1 Å². The molecule has 2 fully saturated rings. The maximum absolute atomic E-state index is 12.7. The molecule has 1 aliphatic heterocycles. The molecule has 9 atom stereocenters. The number of aliphatic hydroxyl groups is 1. The van der Waals surface area contributed by atoms with Crippen molar-refractivity contribution in [2.45, 2.75) is 97.4 Å². The Morgan fingerprint density at radius 2 is 2.06 bits per heavy atom. The van der Waals surface area contributed by atoms with Crippen LogP contribution in [0, 0.1) is 35.5 Å². The van der Waals surface area contributed by atoms with Gasteiger partial charge in [0.05, 0.1) is 18.4 Å². The normalized spacial score (nSPS) is 38.2. The number of cyclic esters (lactones) is 1. The van der Waals surface area contributed by atoms with E-state index in [1.165, 1.54) is 0 Å². The highest BCUT2D eigenvalue weighted by atomic mass is 16.5. The van der Waals surface area contributed by atoms with Gasteiger partial charge in [0.2, 0.25) is 0 Å². The number of ether oxygens (including phenoxy) is 2. The van der Waals surface area contributed by atoms with E-state index in [0.29, 0.717) is 36.0 Å². The average Bonchev–Trinajstić information content (AvgIpc) is 2.74. The topological polar surface area (TPSA) is 72.8 Å². The highest BCUT2D eigenvalue weighted by molar-refractivity contribution is 5.72. The van der Waals surface area contributed by atoms with Crippen molar-refractivity contribution in [3.63, 3.8) is 0 Å². The summed E-state index contributed by atoms with van der Waals surface area (Å²) in [4.78, 5) is 24.4. The first-order valence-corrected chi connectivity index (χ1v) is 12.7. The standard InChI is InChI=1S/C27H42O5/c1-5-8-19-13-20-12-11-18(4)23(10-7-9-22-15-21(28)16-25(29)31-22)26(20)24(14-19)32-27(30)17(3)6-2/h5,8,11-12,17-24,26,28H,6-7,9-10,13-16H2,1-4H3/b8-5-/t17-,18-,19-,20-,21+,22+,23-,24-,26-/m0/s1. The molecule has 0 spiro atoms. The van der Waals surface area contributed by atoms with E-state index in [1.807, 2.05) is 13.8 Å². The van der Waals surface area contributed by atoms with Crippen LogP contribution in [0.3, 0.4) is 0 Å². The summed E-state index contributed by atoms with van der Waals surface area (Å²) >= 11 is 0. The molecule has 3 rings (SSSR count). The van der Waals surface area contributed by atoms with Gasteiger partial charge in [0.15, 0.2) is 0 Å². The van der Waals surface area contributed by atoms with Crippen molar-refractivity contribution in [2.24, 2.45) is 35.5 Å². The van der Waals surface area contributed by atoms with Crippen LogP contribution in [0.25, 0.3) is 0 Å². The van der Waals surface area contributed by atoms with Crippen molar-refractivity contribution in [3.8, 4) is 0 Å². The third-order valence-corrected chi connectivity index (χ3v) is 7.91. The zero-order valence-electron chi connectivity index (χ0n) is 20.2. The molecule has 0 bridgehead atoms. The molecule has 0 unspecified atom stereocenters. The van der Waals surface area contributed by atoms with E-state index in [9.17, 15) is 14.7 Å². The Morgan fingerprint density at radius 1 is 1.28 bits per heavy atom. The zero-order valence-corrected chi connectivity index (χ0v) is 20.2. The number of esters is 2. The Morgan fingerprint density at radius 3 is 2.75 bits per heavy atom. The fourth-order valence-corrected chi connectivity index (χ4v) is 6.01. The van der Waals surface area contributed by atoms with Crippen molar-refractivity contribution in [2.75, 3.05) is 0 Å². The van der Waals surface area contributed by atoms with Gasteiger partial charge in [-0.2, -0.15) is 0 Å². The third-order valence-electron chi connectivity index (χ3n) is 7.91. The van der Waals surface area contributed by atoms with E-state index < -0.39 is 6.10 Å². The van der Waals surface area contributed by atoms with Crippen LogP contribution >= 0.6 is 0 Å². The first kappa shape index (κ1) is 25.0. The van der Waals surface area contributed by atoms with Crippen LogP contribution in [0.1, 0.15) is 79.1 Å². The lowest BCUT2D eigenvalue weighted by molar-refractivity contribution is -0.163. The SMILES string of the molecule is C/C=C\[C@@H]1C[C@H](OC(=O)[C@@H](C)CC)[C@@H]2[C@@H](CCC[C@@H]3C[C@@H](O)CC(=O)O3)[C@@H](C)C=C[C@H]2C1. The molecule has 3 aliphatic rings. The van der Waals surface area contributed by atoms with Crippen LogP contribution in [0.2, 0.25) is 0 Å². The van der Waals surface area contributed by atoms with Gasteiger partial charge >= 0.3 is 11.9 Å². The van der Waals surface area contributed by atoms with E-state index in [0.717, 1.165) is 38.5 Å². The number of hydrogen-bond acceptors (Lipinski definition) is 5. The van der Waals surface area contributed by atoms with Crippen LogP contribution in [0.15, 0.2) is 24.3 Å². The molecule has 1 N–H and O–H groups in total. The van der Waals surface area contributed by atoms with Crippen molar-refractivity contribution in [1.29, 1.82) is 0 Å². The Hall–Kier alpha value is -1.62. The largest absolute Gasteiger partial charge is 0.462 e. The molecule has 1 heterocycles. The maximum atomic E-state index is 12.7. The summed E-state index contributed by atoms with van der Waals surface area (Å²) in [5, 5.41) is 9.88. The molecule has 1 saturated carbocycles. The molecule has 32 heavy (non-hydrogen) atoms. The van der Waals surface area contributed by atoms with Gasteiger partial charge in [-0.3, -0.25) is 9.59 Å². The summed E-state index contributed by atoms with van der Waals surface area (Å²) in [5.74, 6) is 1.65. The fraction of sp³-hybridized carbons (Fsp3) is 0.778. The summed E-state index contributed by atoms with van der Waals surface area (Å²) in [7, 11) is 0. The van der Waals surface area contributed by atoms with Gasteiger partial charge in [0, 0.05) is 12.3 Å². The Kier molecular flexibility index (Phi) is 8.98. The second-order valence-corrected chi connectivity index (χ2v) is 10.3. The lowest BCUT2D eigenvalue weighted by atomic mass is 9.60. The maximum Gasteiger partial charge on any atom is 0.308 e. The van der Waals surface area contributed by atoms with Gasteiger partial charge in [-0.15, -0.1) is 0 Å². The van der Waals surface area contributed by atoms with Crippen LogP contribution in [-0.4, -0.2) is 35.4 Å². The smallest absolute Gasteiger partial charge is 0.308 e. The van der Waals surface area contributed by atoms with E-state index in [4.69, 9.17) is 9.47 Å². The van der Waals surface area contributed by atoms with Crippen molar-refractivity contribution in [3.05, 3.63) is 24.3 Å². The highest BCUT2D eigenvalue weighted by Crippen LogP contribution is 2.48. The molecule has 0 aromatic carbocycles. The van der Waals surface area contributed by atoms with Gasteiger partial charge in [-0.25, -0.2) is 0 Å². The van der Waals surface area contributed by atoms with Gasteiger partial charge in [-0.05, 0) is 69.1 Å². The molecule has 0 aromatic rings. The first-order valence-electron chi connectivity index (χ1n) is 12.7. The van der Waals surface area contributed by atoms with Crippen molar-refractivity contribution in [1.82, 2.24) is 0 Å². The molecule has 5 nitrogen and oxygen atoms in total. The van der Waals surface area contributed by atoms with E-state index in [-0.39, 0.29) is 36.5 Å². The minimum Gasteiger partial charge on any atom is -0.462 e. The second-order valence-electron chi connectivity index (χ2n) is 10.3. The van der Waals surface area contributed by atoms with Crippen LogP contribution < -0.4 is 0 Å². The molecular weight excluding hydrogens is 404 g/mol. The first-order chi connectivity index (χ1) is 15.3. The van der Waals surface area contributed by atoms with Gasteiger partial charge in [0.25, 0.3) is 0 Å². The van der Waals surface area contributed by atoms with Gasteiger partial charge in [0.1, 0.15) is 12.2 Å². The zero-order chi connectivity index (χ0) is 23.3. The Balaban J connectivity index is 1.69. The van der Waals surface area contributed by atoms with Crippen LogP contribution in [0.5, 0.6) is 0 Å². The lowest BCUT2D eigenvalue weighted by Gasteiger charge is -2.47. The summed E-state index contributed by atoms with van der Waals surface area (Å²) < 4.78 is 11.6. The number of carbonyl (C=O) groups is 2. The number of carbonyl (C=O) groups excluding carboxylic acids is 2. The number of allylic oxidation sites excluding steroid dienone is 4. The summed E-state index contributed by atoms with van der Waals surface area (Å²) in [6.07, 6.45) is 14.5. The van der Waals surface area contributed by atoms with E-state index >= 15 is 0 Å². The van der Waals surface area contributed by atoms with Crippen molar-refractivity contribution < 1.29 is 24.2 Å². The van der Waals surface area contributed by atoms with E-state index in [2.05, 4.69) is 38.2 Å². The number of rotatable bonds is 8. The quantitative estimate of drug-likeness (QED) is 0.409. The molecule has 1 saturated heterocycles. The number of hydrogen-bond donors (Lipinski definition) is 1. The van der Waals surface area contributed by atoms with E-state index in [1.54, 1.807) is 0 Å². The Labute approximate surface area is 193 Å². The molecule has 0 aromatic heterocycles. The summed E-state index contributed by atoms with van der Waals surface area (Å²) in [5.41, 5.74) is 0. The average molecular weight is 447 g/mol.